The van der Waals surface area contributed by atoms with Gasteiger partial charge in [0.25, 0.3) is 0 Å². The molecule has 0 amide bonds. The van der Waals surface area contributed by atoms with Crippen LogP contribution in [-0.4, -0.2) is 38.3 Å². The zero-order valence-corrected chi connectivity index (χ0v) is 13.7. The molecule has 1 aromatic rings. The van der Waals surface area contributed by atoms with Crippen LogP contribution in [0.5, 0.6) is 0 Å². The Labute approximate surface area is 128 Å². The van der Waals surface area contributed by atoms with Gasteiger partial charge in [-0.3, -0.25) is 0 Å². The van der Waals surface area contributed by atoms with Crippen LogP contribution in [0.15, 0.2) is 12.1 Å². The summed E-state index contributed by atoms with van der Waals surface area (Å²) in [5.74, 6) is 1.76. The molecule has 0 bridgehead atoms. The Morgan fingerprint density at radius 2 is 2.29 bits per heavy atom. The fourth-order valence-corrected chi connectivity index (χ4v) is 3.04. The van der Waals surface area contributed by atoms with Gasteiger partial charge in [0.15, 0.2) is 0 Å². The van der Waals surface area contributed by atoms with Crippen LogP contribution < -0.4 is 10.2 Å². The van der Waals surface area contributed by atoms with E-state index in [0.717, 1.165) is 44.3 Å². The Balaban J connectivity index is 2.04. The number of hydrogen-bond acceptors (Lipinski definition) is 4. The van der Waals surface area contributed by atoms with Crippen molar-refractivity contribution in [1.29, 1.82) is 0 Å². The van der Waals surface area contributed by atoms with E-state index in [9.17, 15) is 0 Å². The number of methoxy groups -OCH3 is 1. The standard InChI is InChI=1S/C17H29N3O/c1-4-7-18-11-16-9-14(2)19-17(10-16)20-8-5-6-15(12-20)13-21-3/h9-10,15,18H,4-8,11-13H2,1-3H3. The number of aryl methyl sites for hydroxylation is 1. The summed E-state index contributed by atoms with van der Waals surface area (Å²) in [5, 5.41) is 3.47. The quantitative estimate of drug-likeness (QED) is 0.784. The van der Waals surface area contributed by atoms with Crippen LogP contribution in [0.3, 0.4) is 0 Å². The highest BCUT2D eigenvalue weighted by Crippen LogP contribution is 2.23. The summed E-state index contributed by atoms with van der Waals surface area (Å²) in [6, 6.07) is 4.42. The van der Waals surface area contributed by atoms with E-state index in [1.165, 1.54) is 24.8 Å². The van der Waals surface area contributed by atoms with Gasteiger partial charge in [-0.05, 0) is 56.3 Å². The maximum Gasteiger partial charge on any atom is 0.129 e. The molecule has 2 heterocycles. The van der Waals surface area contributed by atoms with Gasteiger partial charge < -0.3 is 15.0 Å². The van der Waals surface area contributed by atoms with Gasteiger partial charge in [0, 0.05) is 32.4 Å². The molecule has 1 unspecified atom stereocenters. The molecule has 0 aromatic carbocycles. The Hall–Kier alpha value is -1.13. The zero-order chi connectivity index (χ0) is 15.1. The topological polar surface area (TPSA) is 37.4 Å². The maximum atomic E-state index is 5.32. The van der Waals surface area contributed by atoms with Crippen molar-refractivity contribution in [2.24, 2.45) is 5.92 Å². The molecule has 2 rings (SSSR count). The number of piperidine rings is 1. The minimum atomic E-state index is 0.632. The molecular weight excluding hydrogens is 262 g/mol. The predicted octanol–water partition coefficient (Wildman–Crippen LogP) is 2.75. The number of anilines is 1. The largest absolute Gasteiger partial charge is 0.384 e. The second-order valence-electron chi connectivity index (χ2n) is 6.06. The Bertz CT molecular complexity index is 434. The summed E-state index contributed by atoms with van der Waals surface area (Å²) in [4.78, 5) is 7.16. The predicted molar refractivity (Wildman–Crippen MR) is 87.8 cm³/mol. The molecular formula is C17H29N3O. The van der Waals surface area contributed by atoms with Crippen LogP contribution in [0.25, 0.3) is 0 Å². The number of aromatic nitrogens is 1. The van der Waals surface area contributed by atoms with E-state index < -0.39 is 0 Å². The lowest BCUT2D eigenvalue weighted by Gasteiger charge is -2.33. The normalized spacial score (nSPS) is 19.0. The van der Waals surface area contributed by atoms with Crippen LogP contribution in [0.2, 0.25) is 0 Å². The van der Waals surface area contributed by atoms with E-state index in [-0.39, 0.29) is 0 Å². The third-order valence-corrected chi connectivity index (χ3v) is 4.00. The molecule has 4 heteroatoms. The molecule has 21 heavy (non-hydrogen) atoms. The lowest BCUT2D eigenvalue weighted by Crippen LogP contribution is -2.37. The van der Waals surface area contributed by atoms with Crippen molar-refractivity contribution in [3.05, 3.63) is 23.4 Å². The smallest absolute Gasteiger partial charge is 0.129 e. The molecule has 0 aliphatic carbocycles. The van der Waals surface area contributed by atoms with Gasteiger partial charge in [0.2, 0.25) is 0 Å². The molecule has 1 fully saturated rings. The lowest BCUT2D eigenvalue weighted by atomic mass is 9.99. The van der Waals surface area contributed by atoms with Crippen molar-refractivity contribution >= 4 is 5.82 Å². The summed E-state index contributed by atoms with van der Waals surface area (Å²) in [7, 11) is 1.79. The summed E-state index contributed by atoms with van der Waals surface area (Å²) < 4.78 is 5.32. The van der Waals surface area contributed by atoms with Crippen molar-refractivity contribution in [3.8, 4) is 0 Å². The first-order valence-electron chi connectivity index (χ1n) is 8.15. The summed E-state index contributed by atoms with van der Waals surface area (Å²) in [5.41, 5.74) is 2.44. The van der Waals surface area contributed by atoms with E-state index in [1.54, 1.807) is 7.11 Å². The van der Waals surface area contributed by atoms with Crippen LogP contribution in [0.1, 0.15) is 37.4 Å². The third kappa shape index (κ3) is 4.97. The molecule has 118 valence electrons. The molecule has 4 nitrogen and oxygen atoms in total. The van der Waals surface area contributed by atoms with Gasteiger partial charge in [-0.2, -0.15) is 0 Å². The van der Waals surface area contributed by atoms with E-state index in [1.807, 2.05) is 0 Å². The lowest BCUT2D eigenvalue weighted by molar-refractivity contribution is 0.143. The first-order valence-corrected chi connectivity index (χ1v) is 8.15. The van der Waals surface area contributed by atoms with E-state index in [2.05, 4.69) is 36.2 Å². The molecule has 0 saturated carbocycles. The Morgan fingerprint density at radius 1 is 1.43 bits per heavy atom. The molecule has 1 aromatic heterocycles. The van der Waals surface area contributed by atoms with Crippen LogP contribution >= 0.6 is 0 Å². The van der Waals surface area contributed by atoms with Gasteiger partial charge >= 0.3 is 0 Å². The van der Waals surface area contributed by atoms with Gasteiger partial charge in [-0.1, -0.05) is 6.92 Å². The van der Waals surface area contributed by atoms with Crippen molar-refractivity contribution in [2.75, 3.05) is 38.3 Å². The first kappa shape index (κ1) is 16.2. The molecule has 0 spiro atoms. The minimum Gasteiger partial charge on any atom is -0.384 e. The number of pyridine rings is 1. The number of hydrogen-bond donors (Lipinski definition) is 1. The molecule has 1 aliphatic heterocycles. The van der Waals surface area contributed by atoms with Gasteiger partial charge in [-0.15, -0.1) is 0 Å². The molecule has 1 atom stereocenters. The van der Waals surface area contributed by atoms with E-state index >= 15 is 0 Å². The van der Waals surface area contributed by atoms with Gasteiger partial charge in [-0.25, -0.2) is 4.98 Å². The maximum absolute atomic E-state index is 5.32. The molecule has 1 aliphatic rings. The molecule has 1 saturated heterocycles. The van der Waals surface area contributed by atoms with Gasteiger partial charge in [0.05, 0.1) is 6.61 Å². The highest BCUT2D eigenvalue weighted by Gasteiger charge is 2.21. The first-order chi connectivity index (χ1) is 10.2. The minimum absolute atomic E-state index is 0.632. The number of rotatable bonds is 7. The van der Waals surface area contributed by atoms with Crippen molar-refractivity contribution in [1.82, 2.24) is 10.3 Å². The zero-order valence-electron chi connectivity index (χ0n) is 13.7. The number of nitrogens with zero attached hydrogens (tertiary/aromatic N) is 2. The average molecular weight is 291 g/mol. The molecule has 1 N–H and O–H groups in total. The van der Waals surface area contributed by atoms with Crippen molar-refractivity contribution in [2.45, 2.75) is 39.7 Å². The van der Waals surface area contributed by atoms with Gasteiger partial charge in [0.1, 0.15) is 5.82 Å². The van der Waals surface area contributed by atoms with Crippen LogP contribution in [0.4, 0.5) is 5.82 Å². The number of nitrogens with one attached hydrogen (secondary N) is 1. The van der Waals surface area contributed by atoms with Crippen molar-refractivity contribution in [3.63, 3.8) is 0 Å². The monoisotopic (exact) mass is 291 g/mol. The fourth-order valence-electron chi connectivity index (χ4n) is 3.04. The van der Waals surface area contributed by atoms with E-state index in [0.29, 0.717) is 5.92 Å². The number of ether oxygens (including phenoxy) is 1. The Morgan fingerprint density at radius 3 is 3.05 bits per heavy atom. The summed E-state index contributed by atoms with van der Waals surface area (Å²) in [6.45, 7) is 9.30. The average Bonchev–Trinajstić information content (AvgIpc) is 2.48. The molecule has 0 radical (unpaired) electrons. The SMILES string of the molecule is CCCNCc1cc(C)nc(N2CCCC(COC)C2)c1. The van der Waals surface area contributed by atoms with Crippen LogP contribution in [0, 0.1) is 12.8 Å². The summed E-state index contributed by atoms with van der Waals surface area (Å²) in [6.07, 6.45) is 3.66. The summed E-state index contributed by atoms with van der Waals surface area (Å²) >= 11 is 0. The third-order valence-electron chi connectivity index (χ3n) is 4.00. The Kier molecular flexibility index (Phi) is 6.46. The highest BCUT2D eigenvalue weighted by atomic mass is 16.5. The second-order valence-corrected chi connectivity index (χ2v) is 6.06. The highest BCUT2D eigenvalue weighted by molar-refractivity contribution is 5.43. The van der Waals surface area contributed by atoms with Crippen molar-refractivity contribution < 1.29 is 4.74 Å². The van der Waals surface area contributed by atoms with E-state index in [4.69, 9.17) is 9.72 Å². The second kappa shape index (κ2) is 8.35. The fraction of sp³-hybridized carbons (Fsp3) is 0.706. The van der Waals surface area contributed by atoms with Crippen LogP contribution in [-0.2, 0) is 11.3 Å².